The topological polar surface area (TPSA) is 88.0 Å². The third-order valence-corrected chi connectivity index (χ3v) is 5.04. The van der Waals surface area contributed by atoms with Crippen molar-refractivity contribution in [2.24, 2.45) is 0 Å². The maximum Gasteiger partial charge on any atom is 0.313 e. The second-order valence-corrected chi connectivity index (χ2v) is 7.03. The number of carboxylic acids is 1. The van der Waals surface area contributed by atoms with Crippen molar-refractivity contribution in [3.05, 3.63) is 11.8 Å². The normalized spacial score (nSPS) is 21.6. The van der Waals surface area contributed by atoms with E-state index in [0.717, 1.165) is 19.5 Å². The molecule has 2 aliphatic heterocycles. The van der Waals surface area contributed by atoms with Crippen LogP contribution in [0.1, 0.15) is 25.8 Å². The first-order valence-corrected chi connectivity index (χ1v) is 8.65. The van der Waals surface area contributed by atoms with E-state index in [9.17, 15) is 9.90 Å². The first kappa shape index (κ1) is 17.9. The fourth-order valence-corrected chi connectivity index (χ4v) is 3.19. The number of morpholine rings is 1. The van der Waals surface area contributed by atoms with Crippen molar-refractivity contribution in [1.29, 1.82) is 0 Å². The number of aromatic nitrogens is 2. The van der Waals surface area contributed by atoms with Gasteiger partial charge in [0.25, 0.3) is 0 Å². The number of carbonyl (C=O) groups is 1. The van der Waals surface area contributed by atoms with Gasteiger partial charge in [0.05, 0.1) is 24.7 Å². The molecule has 0 bridgehead atoms. The van der Waals surface area contributed by atoms with Crippen LogP contribution in [0.3, 0.4) is 0 Å². The number of hydrogen-bond donors (Lipinski definition) is 1. The van der Waals surface area contributed by atoms with Crippen LogP contribution in [0.5, 0.6) is 0 Å². The summed E-state index contributed by atoms with van der Waals surface area (Å²) in [5.41, 5.74) is -0.431. The molecule has 2 saturated heterocycles. The Labute approximate surface area is 147 Å². The summed E-state index contributed by atoms with van der Waals surface area (Å²) in [6.45, 7) is 7.58. The highest BCUT2D eigenvalue weighted by Gasteiger charge is 2.36. The van der Waals surface area contributed by atoms with Gasteiger partial charge in [0.1, 0.15) is 5.82 Å². The van der Waals surface area contributed by atoms with Gasteiger partial charge in [0.15, 0.2) is 0 Å². The van der Waals surface area contributed by atoms with Gasteiger partial charge in [-0.25, -0.2) is 4.98 Å². The molecular weight excluding hydrogens is 324 g/mol. The Morgan fingerprint density at radius 3 is 2.64 bits per heavy atom. The van der Waals surface area contributed by atoms with Crippen LogP contribution in [0.2, 0.25) is 0 Å². The molecule has 1 N–H and O–H groups in total. The minimum absolute atomic E-state index is 0.186. The van der Waals surface area contributed by atoms with Gasteiger partial charge in [0, 0.05) is 45.0 Å². The van der Waals surface area contributed by atoms with E-state index in [2.05, 4.69) is 14.8 Å². The first-order valence-electron chi connectivity index (χ1n) is 8.65. The van der Waals surface area contributed by atoms with E-state index in [-0.39, 0.29) is 6.10 Å². The van der Waals surface area contributed by atoms with Crippen LogP contribution in [-0.2, 0) is 19.7 Å². The third kappa shape index (κ3) is 3.55. The molecule has 0 unspecified atom stereocenters. The van der Waals surface area contributed by atoms with E-state index in [1.165, 1.54) is 0 Å². The molecule has 0 saturated carbocycles. The summed E-state index contributed by atoms with van der Waals surface area (Å²) >= 11 is 0. The second-order valence-electron chi connectivity index (χ2n) is 7.03. The Morgan fingerprint density at radius 2 is 2.04 bits per heavy atom. The molecule has 1 aromatic rings. The van der Waals surface area contributed by atoms with Gasteiger partial charge in [-0.3, -0.25) is 4.79 Å². The third-order valence-electron chi connectivity index (χ3n) is 5.04. The fourth-order valence-electron chi connectivity index (χ4n) is 3.19. The van der Waals surface area contributed by atoms with Crippen molar-refractivity contribution in [2.45, 2.75) is 31.8 Å². The SMILES string of the molecule is CO[C@@H]1CCN(c2ncc(C(C)(C)C(=O)O)c(N3CCOCC3)n2)C1. The monoisotopic (exact) mass is 350 g/mol. The quantitative estimate of drug-likeness (QED) is 0.838. The number of hydrogen-bond acceptors (Lipinski definition) is 7. The largest absolute Gasteiger partial charge is 0.481 e. The molecule has 2 fully saturated rings. The van der Waals surface area contributed by atoms with E-state index in [4.69, 9.17) is 14.5 Å². The summed E-state index contributed by atoms with van der Waals surface area (Å²) in [4.78, 5) is 25.2. The molecule has 138 valence electrons. The first-order chi connectivity index (χ1) is 11.9. The molecule has 2 aliphatic rings. The van der Waals surface area contributed by atoms with Gasteiger partial charge >= 0.3 is 5.97 Å². The zero-order chi connectivity index (χ0) is 18.0. The van der Waals surface area contributed by atoms with Crippen molar-refractivity contribution in [1.82, 2.24) is 9.97 Å². The molecule has 0 aromatic carbocycles. The van der Waals surface area contributed by atoms with Crippen LogP contribution in [0, 0.1) is 0 Å². The van der Waals surface area contributed by atoms with Crippen LogP contribution in [0.25, 0.3) is 0 Å². The predicted molar refractivity (Wildman–Crippen MR) is 93.4 cm³/mol. The van der Waals surface area contributed by atoms with Gasteiger partial charge in [-0.2, -0.15) is 4.98 Å². The summed E-state index contributed by atoms with van der Waals surface area (Å²) in [5.74, 6) is 0.437. The van der Waals surface area contributed by atoms with Crippen LogP contribution >= 0.6 is 0 Å². The van der Waals surface area contributed by atoms with E-state index in [1.807, 2.05) is 0 Å². The van der Waals surface area contributed by atoms with Gasteiger partial charge in [-0.1, -0.05) is 0 Å². The van der Waals surface area contributed by atoms with E-state index in [0.29, 0.717) is 43.6 Å². The molecule has 8 nitrogen and oxygen atoms in total. The Kier molecular flexibility index (Phi) is 5.10. The van der Waals surface area contributed by atoms with Gasteiger partial charge < -0.3 is 24.4 Å². The van der Waals surface area contributed by atoms with Crippen molar-refractivity contribution in [3.8, 4) is 0 Å². The highest BCUT2D eigenvalue weighted by molar-refractivity contribution is 5.82. The lowest BCUT2D eigenvalue weighted by Gasteiger charge is -2.33. The number of carboxylic acid groups (broad SMARTS) is 1. The number of ether oxygens (including phenoxy) is 2. The highest BCUT2D eigenvalue weighted by atomic mass is 16.5. The molecule has 1 aromatic heterocycles. The molecule has 8 heteroatoms. The maximum absolute atomic E-state index is 11.8. The predicted octanol–water partition coefficient (Wildman–Crippen LogP) is 0.901. The van der Waals surface area contributed by atoms with Crippen LogP contribution in [-0.4, -0.2) is 73.7 Å². The van der Waals surface area contributed by atoms with Gasteiger partial charge in [-0.05, 0) is 20.3 Å². The van der Waals surface area contributed by atoms with Crippen molar-refractivity contribution < 1.29 is 19.4 Å². The smallest absolute Gasteiger partial charge is 0.313 e. The lowest BCUT2D eigenvalue weighted by atomic mass is 9.85. The van der Waals surface area contributed by atoms with Gasteiger partial charge in [-0.15, -0.1) is 0 Å². The minimum Gasteiger partial charge on any atom is -0.481 e. The van der Waals surface area contributed by atoms with Crippen LogP contribution < -0.4 is 9.80 Å². The molecule has 25 heavy (non-hydrogen) atoms. The summed E-state index contributed by atoms with van der Waals surface area (Å²) in [7, 11) is 1.71. The summed E-state index contributed by atoms with van der Waals surface area (Å²) < 4.78 is 10.8. The highest BCUT2D eigenvalue weighted by Crippen LogP contribution is 2.33. The average Bonchev–Trinajstić information content (AvgIpc) is 3.11. The second kappa shape index (κ2) is 7.13. The zero-order valence-electron chi connectivity index (χ0n) is 15.1. The number of rotatable bonds is 5. The summed E-state index contributed by atoms with van der Waals surface area (Å²) in [5, 5.41) is 9.64. The number of methoxy groups -OCH3 is 1. The van der Waals surface area contributed by atoms with Crippen molar-refractivity contribution in [2.75, 3.05) is 56.3 Å². The average molecular weight is 350 g/mol. The maximum atomic E-state index is 11.8. The standard InChI is InChI=1S/C17H26N4O4/c1-17(2,15(22)23)13-10-18-16(21-5-4-12(11-21)24-3)19-14(13)20-6-8-25-9-7-20/h10,12H,4-9,11H2,1-3H3,(H,22,23)/t12-/m1/s1. The van der Waals surface area contributed by atoms with E-state index >= 15 is 0 Å². The fraction of sp³-hybridized carbons (Fsp3) is 0.706. The lowest BCUT2D eigenvalue weighted by Crippen LogP contribution is -2.40. The minimum atomic E-state index is -1.06. The zero-order valence-corrected chi connectivity index (χ0v) is 15.1. The lowest BCUT2D eigenvalue weighted by molar-refractivity contribution is -0.142. The van der Waals surface area contributed by atoms with Crippen LogP contribution in [0.15, 0.2) is 6.20 Å². The summed E-state index contributed by atoms with van der Waals surface area (Å²) in [6.07, 6.45) is 2.79. The molecule has 1 atom stereocenters. The summed E-state index contributed by atoms with van der Waals surface area (Å²) in [6, 6.07) is 0. The molecule has 0 amide bonds. The Bertz CT molecular complexity index is 631. The Balaban J connectivity index is 1.97. The molecule has 3 heterocycles. The Morgan fingerprint density at radius 1 is 1.32 bits per heavy atom. The molecule has 0 radical (unpaired) electrons. The molecule has 3 rings (SSSR count). The molecular formula is C17H26N4O4. The van der Waals surface area contributed by atoms with Crippen molar-refractivity contribution >= 4 is 17.7 Å². The number of anilines is 2. The van der Waals surface area contributed by atoms with Gasteiger partial charge in [0.2, 0.25) is 5.95 Å². The number of aliphatic carboxylic acids is 1. The van der Waals surface area contributed by atoms with Crippen molar-refractivity contribution in [3.63, 3.8) is 0 Å². The number of nitrogens with zero attached hydrogens (tertiary/aromatic N) is 4. The Hall–Kier alpha value is -1.93. The van der Waals surface area contributed by atoms with Crippen LogP contribution in [0.4, 0.5) is 11.8 Å². The van der Waals surface area contributed by atoms with E-state index < -0.39 is 11.4 Å². The molecule has 0 aliphatic carbocycles. The van der Waals surface area contributed by atoms with E-state index in [1.54, 1.807) is 27.2 Å². The molecule has 0 spiro atoms.